The summed E-state index contributed by atoms with van der Waals surface area (Å²) < 4.78 is 5.81. The Morgan fingerprint density at radius 2 is 1.86 bits per heavy atom. The Morgan fingerprint density at radius 3 is 2.38 bits per heavy atom. The molecule has 0 spiro atoms. The van der Waals surface area contributed by atoms with E-state index in [2.05, 4.69) is 43.6 Å². The smallest absolute Gasteiger partial charge is 0.114 e. The van der Waals surface area contributed by atoms with Crippen molar-refractivity contribution < 1.29 is 4.74 Å². The summed E-state index contributed by atoms with van der Waals surface area (Å²) in [4.78, 5) is 4.97. The minimum atomic E-state index is -0.314. The molecule has 2 saturated heterocycles. The number of nitrogens with zero attached hydrogens (tertiary/aromatic N) is 3. The Labute approximate surface area is 130 Å². The summed E-state index contributed by atoms with van der Waals surface area (Å²) in [7, 11) is 0. The highest BCUT2D eigenvalue weighted by Crippen LogP contribution is 2.36. The van der Waals surface area contributed by atoms with Gasteiger partial charge in [-0.1, -0.05) is 13.8 Å². The monoisotopic (exact) mass is 293 g/mol. The molecule has 1 atom stereocenters. The van der Waals surface area contributed by atoms with E-state index in [1.807, 2.05) is 0 Å². The van der Waals surface area contributed by atoms with Crippen molar-refractivity contribution in [3.05, 3.63) is 0 Å². The molecule has 4 heteroatoms. The Balaban J connectivity index is 1.92. The first-order chi connectivity index (χ1) is 9.87. The zero-order valence-electron chi connectivity index (χ0n) is 14.2. The Kier molecular flexibility index (Phi) is 5.29. The zero-order chi connectivity index (χ0) is 15.5. The van der Waals surface area contributed by atoms with Crippen LogP contribution in [0.15, 0.2) is 0 Å². The Morgan fingerprint density at radius 1 is 1.19 bits per heavy atom. The van der Waals surface area contributed by atoms with Crippen LogP contribution >= 0.6 is 0 Å². The van der Waals surface area contributed by atoms with E-state index in [1.54, 1.807) is 0 Å². The van der Waals surface area contributed by atoms with Crippen LogP contribution in [0.2, 0.25) is 0 Å². The molecule has 1 unspecified atom stereocenters. The highest BCUT2D eigenvalue weighted by molar-refractivity contribution is 5.13. The molecule has 2 heterocycles. The van der Waals surface area contributed by atoms with Gasteiger partial charge in [0.2, 0.25) is 0 Å². The Hall–Kier alpha value is -0.630. The fraction of sp³-hybridized carbons (Fsp3) is 0.941. The van der Waals surface area contributed by atoms with E-state index in [-0.39, 0.29) is 11.1 Å². The van der Waals surface area contributed by atoms with Crippen molar-refractivity contribution in [3.63, 3.8) is 0 Å². The minimum absolute atomic E-state index is 0.178. The summed E-state index contributed by atoms with van der Waals surface area (Å²) in [6.45, 7) is 14.9. The third-order valence-corrected chi connectivity index (χ3v) is 4.94. The van der Waals surface area contributed by atoms with E-state index < -0.39 is 0 Å². The van der Waals surface area contributed by atoms with Crippen molar-refractivity contribution in [2.24, 2.45) is 5.92 Å². The van der Waals surface area contributed by atoms with Gasteiger partial charge in [-0.3, -0.25) is 4.90 Å². The van der Waals surface area contributed by atoms with Gasteiger partial charge in [-0.05, 0) is 32.7 Å². The van der Waals surface area contributed by atoms with Gasteiger partial charge in [0.25, 0.3) is 0 Å². The summed E-state index contributed by atoms with van der Waals surface area (Å²) in [6, 6.07) is 2.64. The van der Waals surface area contributed by atoms with Gasteiger partial charge >= 0.3 is 0 Å². The van der Waals surface area contributed by atoms with Gasteiger partial charge in [0, 0.05) is 39.0 Å². The van der Waals surface area contributed by atoms with Crippen LogP contribution in [0, 0.1) is 17.2 Å². The zero-order valence-corrected chi connectivity index (χ0v) is 14.2. The molecule has 2 aliphatic heterocycles. The number of hydrogen-bond acceptors (Lipinski definition) is 4. The molecule has 0 N–H and O–H groups in total. The normalized spacial score (nSPS) is 31.2. The van der Waals surface area contributed by atoms with Gasteiger partial charge in [-0.25, -0.2) is 0 Å². The van der Waals surface area contributed by atoms with Crippen molar-refractivity contribution in [3.8, 4) is 6.07 Å². The number of piperazine rings is 1. The van der Waals surface area contributed by atoms with E-state index in [0.717, 1.165) is 44.9 Å². The van der Waals surface area contributed by atoms with Gasteiger partial charge in [0.05, 0.1) is 18.3 Å². The highest BCUT2D eigenvalue weighted by Gasteiger charge is 2.46. The van der Waals surface area contributed by atoms with Crippen LogP contribution in [0.1, 0.15) is 47.0 Å². The second-order valence-electron chi connectivity index (χ2n) is 7.69. The van der Waals surface area contributed by atoms with Crippen molar-refractivity contribution in [2.75, 3.05) is 39.3 Å². The highest BCUT2D eigenvalue weighted by atomic mass is 16.5. The van der Waals surface area contributed by atoms with E-state index in [4.69, 9.17) is 4.74 Å². The maximum atomic E-state index is 9.81. The first-order valence-electron chi connectivity index (χ1n) is 8.39. The lowest BCUT2D eigenvalue weighted by atomic mass is 9.80. The Bertz CT molecular complexity index is 380. The molecule has 120 valence electrons. The summed E-state index contributed by atoms with van der Waals surface area (Å²) in [5, 5.41) is 9.81. The van der Waals surface area contributed by atoms with Crippen molar-refractivity contribution in [1.29, 1.82) is 5.26 Å². The van der Waals surface area contributed by atoms with Crippen molar-refractivity contribution in [2.45, 2.75) is 58.1 Å². The fourth-order valence-corrected chi connectivity index (χ4v) is 3.62. The summed E-state index contributed by atoms with van der Waals surface area (Å²) in [6.07, 6.45) is 2.94. The lowest BCUT2D eigenvalue weighted by Gasteiger charge is -2.49. The molecule has 2 aliphatic rings. The first kappa shape index (κ1) is 16.7. The molecule has 4 nitrogen and oxygen atoms in total. The van der Waals surface area contributed by atoms with Crippen LogP contribution in [-0.2, 0) is 4.74 Å². The average molecular weight is 293 g/mol. The largest absolute Gasteiger partial charge is 0.375 e. The van der Waals surface area contributed by atoms with Gasteiger partial charge in [-0.15, -0.1) is 0 Å². The van der Waals surface area contributed by atoms with E-state index >= 15 is 0 Å². The maximum absolute atomic E-state index is 9.81. The fourth-order valence-electron chi connectivity index (χ4n) is 3.62. The lowest BCUT2D eigenvalue weighted by molar-refractivity contribution is -0.109. The third-order valence-electron chi connectivity index (χ3n) is 4.94. The number of ether oxygens (including phenoxy) is 1. The molecule has 21 heavy (non-hydrogen) atoms. The summed E-state index contributed by atoms with van der Waals surface area (Å²) in [5.41, 5.74) is -0.491. The molecular formula is C17H31N3O. The van der Waals surface area contributed by atoms with E-state index in [9.17, 15) is 5.26 Å². The van der Waals surface area contributed by atoms with Gasteiger partial charge in [0.1, 0.15) is 5.54 Å². The molecule has 0 saturated carbocycles. The van der Waals surface area contributed by atoms with Crippen molar-refractivity contribution in [1.82, 2.24) is 9.80 Å². The summed E-state index contributed by atoms with van der Waals surface area (Å²) in [5.74, 6) is 0.768. The second kappa shape index (κ2) is 6.64. The summed E-state index contributed by atoms with van der Waals surface area (Å²) >= 11 is 0. The maximum Gasteiger partial charge on any atom is 0.114 e. The first-order valence-corrected chi connectivity index (χ1v) is 8.39. The second-order valence-corrected chi connectivity index (χ2v) is 7.69. The molecule has 0 aliphatic carbocycles. The quantitative estimate of drug-likeness (QED) is 0.798. The standard InChI is InChI=1S/C17H31N3O/c1-15(2)5-7-19-8-10-20(11-9-19)17(14-18)6-12-21-16(3,4)13-17/h15H,5-13H2,1-4H3. The van der Waals surface area contributed by atoms with Gasteiger partial charge in [0.15, 0.2) is 0 Å². The minimum Gasteiger partial charge on any atom is -0.375 e. The predicted octanol–water partition coefficient (Wildman–Crippen LogP) is 2.50. The average Bonchev–Trinajstić information content (AvgIpc) is 2.44. The predicted molar refractivity (Wildman–Crippen MR) is 85.1 cm³/mol. The molecule has 0 radical (unpaired) electrons. The molecule has 2 rings (SSSR count). The van der Waals surface area contributed by atoms with E-state index in [0.29, 0.717) is 6.61 Å². The molecule has 0 aromatic rings. The molecule has 0 aromatic carbocycles. The SMILES string of the molecule is CC(C)CCN1CCN(C2(C#N)CCOC(C)(C)C2)CC1. The third kappa shape index (κ3) is 4.18. The lowest BCUT2D eigenvalue weighted by Crippen LogP contribution is -2.61. The molecule has 2 fully saturated rings. The van der Waals surface area contributed by atoms with Crippen molar-refractivity contribution >= 4 is 0 Å². The van der Waals surface area contributed by atoms with Gasteiger partial charge < -0.3 is 9.64 Å². The molecule has 0 bridgehead atoms. The molecular weight excluding hydrogens is 262 g/mol. The van der Waals surface area contributed by atoms with Crippen LogP contribution in [-0.4, -0.2) is 60.3 Å². The number of rotatable bonds is 4. The number of hydrogen-bond donors (Lipinski definition) is 0. The van der Waals surface area contributed by atoms with E-state index in [1.165, 1.54) is 13.0 Å². The van der Waals surface area contributed by atoms with Crippen LogP contribution in [0.4, 0.5) is 0 Å². The topological polar surface area (TPSA) is 39.5 Å². The van der Waals surface area contributed by atoms with Crippen LogP contribution in [0.25, 0.3) is 0 Å². The molecule has 0 aromatic heterocycles. The van der Waals surface area contributed by atoms with Gasteiger partial charge in [-0.2, -0.15) is 5.26 Å². The van der Waals surface area contributed by atoms with Crippen LogP contribution in [0.5, 0.6) is 0 Å². The number of nitriles is 1. The molecule has 0 amide bonds. The van der Waals surface area contributed by atoms with Crippen LogP contribution in [0.3, 0.4) is 0 Å². The van der Waals surface area contributed by atoms with Crippen LogP contribution < -0.4 is 0 Å².